The molecule has 2 aromatic rings. The van der Waals surface area contributed by atoms with Gasteiger partial charge >= 0.3 is 0 Å². The standard InChI is InChI=1S/C17H26N6O/c1-12-7-13(2)23-16(20-12)14(8-19-23)10-22-6-5-21(4)9-15(11-22)17(24)18-3/h7-8,15H,5-6,9-11H2,1-4H3,(H,18,24)/t15-/m1/s1. The molecule has 0 aliphatic carbocycles. The summed E-state index contributed by atoms with van der Waals surface area (Å²) in [4.78, 5) is 21.3. The van der Waals surface area contributed by atoms with E-state index in [-0.39, 0.29) is 11.8 Å². The third-order valence-electron chi connectivity index (χ3n) is 4.67. The molecule has 1 aliphatic heterocycles. The molecule has 2 aromatic heterocycles. The smallest absolute Gasteiger partial charge is 0.225 e. The molecule has 7 heteroatoms. The molecular formula is C17H26N6O. The highest BCUT2D eigenvalue weighted by molar-refractivity contribution is 5.78. The summed E-state index contributed by atoms with van der Waals surface area (Å²) in [5, 5.41) is 7.26. The molecule has 0 radical (unpaired) electrons. The predicted molar refractivity (Wildman–Crippen MR) is 92.8 cm³/mol. The molecule has 1 amide bonds. The first-order valence-electron chi connectivity index (χ1n) is 8.41. The lowest BCUT2D eigenvalue weighted by molar-refractivity contribution is -0.125. The van der Waals surface area contributed by atoms with Crippen molar-refractivity contribution in [3.05, 3.63) is 29.2 Å². The van der Waals surface area contributed by atoms with Crippen molar-refractivity contribution >= 4 is 11.6 Å². The first-order chi connectivity index (χ1) is 11.5. The summed E-state index contributed by atoms with van der Waals surface area (Å²) in [7, 11) is 3.78. The molecule has 130 valence electrons. The average molecular weight is 330 g/mol. The molecule has 0 bridgehead atoms. The van der Waals surface area contributed by atoms with Crippen LogP contribution in [0.3, 0.4) is 0 Å². The van der Waals surface area contributed by atoms with Crippen molar-refractivity contribution in [2.24, 2.45) is 5.92 Å². The fourth-order valence-corrected chi connectivity index (χ4v) is 3.42. The fourth-order valence-electron chi connectivity index (χ4n) is 3.42. The molecule has 1 N–H and O–H groups in total. The number of likely N-dealkylation sites (N-methyl/N-ethyl adjacent to an activating group) is 1. The minimum Gasteiger partial charge on any atom is -0.359 e. The lowest BCUT2D eigenvalue weighted by Crippen LogP contribution is -2.39. The number of carbonyl (C=O) groups excluding carboxylic acids is 1. The number of nitrogens with zero attached hydrogens (tertiary/aromatic N) is 5. The van der Waals surface area contributed by atoms with Gasteiger partial charge in [-0.05, 0) is 27.0 Å². The van der Waals surface area contributed by atoms with Crippen molar-refractivity contribution in [2.75, 3.05) is 40.3 Å². The van der Waals surface area contributed by atoms with Gasteiger partial charge in [0.15, 0.2) is 5.65 Å². The maximum Gasteiger partial charge on any atom is 0.225 e. The van der Waals surface area contributed by atoms with Crippen LogP contribution in [0, 0.1) is 19.8 Å². The number of aryl methyl sites for hydroxylation is 2. The molecule has 0 aromatic carbocycles. The van der Waals surface area contributed by atoms with Crippen LogP contribution in [0.1, 0.15) is 17.0 Å². The monoisotopic (exact) mass is 330 g/mol. The number of nitrogens with one attached hydrogen (secondary N) is 1. The van der Waals surface area contributed by atoms with E-state index in [0.29, 0.717) is 0 Å². The molecule has 0 unspecified atom stereocenters. The molecule has 1 atom stereocenters. The second kappa shape index (κ2) is 6.86. The SMILES string of the molecule is CNC(=O)[C@@H]1CN(C)CCN(Cc2cnn3c(C)cc(C)nc23)C1. The Balaban J connectivity index is 1.83. The molecule has 24 heavy (non-hydrogen) atoms. The van der Waals surface area contributed by atoms with Crippen molar-refractivity contribution in [3.8, 4) is 0 Å². The number of carbonyl (C=O) groups is 1. The fraction of sp³-hybridized carbons (Fsp3) is 0.588. The predicted octanol–water partition coefficient (Wildman–Crippen LogP) is 0.456. The largest absolute Gasteiger partial charge is 0.359 e. The van der Waals surface area contributed by atoms with Gasteiger partial charge in [0.25, 0.3) is 0 Å². The molecule has 3 heterocycles. The number of hydrogen-bond donors (Lipinski definition) is 1. The van der Waals surface area contributed by atoms with Crippen molar-refractivity contribution in [1.29, 1.82) is 0 Å². The van der Waals surface area contributed by atoms with Crippen molar-refractivity contribution in [1.82, 2.24) is 29.7 Å². The van der Waals surface area contributed by atoms with Gasteiger partial charge in [0.2, 0.25) is 5.91 Å². The second-order valence-corrected chi connectivity index (χ2v) is 6.75. The van der Waals surface area contributed by atoms with E-state index in [2.05, 4.69) is 32.2 Å². The van der Waals surface area contributed by atoms with Crippen molar-refractivity contribution in [3.63, 3.8) is 0 Å². The summed E-state index contributed by atoms with van der Waals surface area (Å²) < 4.78 is 1.89. The quantitative estimate of drug-likeness (QED) is 0.885. The zero-order chi connectivity index (χ0) is 17.3. The zero-order valence-corrected chi connectivity index (χ0v) is 14.9. The summed E-state index contributed by atoms with van der Waals surface area (Å²) in [6.45, 7) is 8.26. The third-order valence-corrected chi connectivity index (χ3v) is 4.67. The van der Waals surface area contributed by atoms with Crippen LogP contribution < -0.4 is 5.32 Å². The van der Waals surface area contributed by atoms with E-state index in [4.69, 9.17) is 0 Å². The van der Waals surface area contributed by atoms with E-state index in [1.165, 1.54) is 0 Å². The van der Waals surface area contributed by atoms with E-state index in [0.717, 1.165) is 55.3 Å². The first-order valence-corrected chi connectivity index (χ1v) is 8.41. The number of aromatic nitrogens is 3. The Morgan fingerprint density at radius 3 is 2.88 bits per heavy atom. The van der Waals surface area contributed by atoms with Crippen LogP contribution in [0.2, 0.25) is 0 Å². The van der Waals surface area contributed by atoms with E-state index in [1.54, 1.807) is 7.05 Å². The summed E-state index contributed by atoms with van der Waals surface area (Å²) in [5.41, 5.74) is 4.12. The van der Waals surface area contributed by atoms with E-state index in [9.17, 15) is 4.79 Å². The summed E-state index contributed by atoms with van der Waals surface area (Å²) in [5.74, 6) is 0.0965. The molecule has 1 aliphatic rings. The highest BCUT2D eigenvalue weighted by Gasteiger charge is 2.26. The van der Waals surface area contributed by atoms with Crippen LogP contribution in [-0.4, -0.2) is 70.6 Å². The van der Waals surface area contributed by atoms with Crippen LogP contribution in [0.15, 0.2) is 12.3 Å². The van der Waals surface area contributed by atoms with Crippen LogP contribution >= 0.6 is 0 Å². The highest BCUT2D eigenvalue weighted by atomic mass is 16.1. The van der Waals surface area contributed by atoms with Gasteiger partial charge in [-0.15, -0.1) is 0 Å². The third kappa shape index (κ3) is 3.42. The van der Waals surface area contributed by atoms with E-state index < -0.39 is 0 Å². The van der Waals surface area contributed by atoms with Crippen LogP contribution in [0.5, 0.6) is 0 Å². The number of amides is 1. The van der Waals surface area contributed by atoms with Gasteiger partial charge in [-0.25, -0.2) is 9.50 Å². The minimum atomic E-state index is -0.0132. The second-order valence-electron chi connectivity index (χ2n) is 6.75. The summed E-state index contributed by atoms with van der Waals surface area (Å²) in [6.07, 6.45) is 1.90. The maximum atomic E-state index is 12.1. The minimum absolute atomic E-state index is 0.0132. The molecule has 0 spiro atoms. The lowest BCUT2D eigenvalue weighted by atomic mass is 10.1. The average Bonchev–Trinajstić information content (AvgIpc) is 2.83. The van der Waals surface area contributed by atoms with Gasteiger partial charge in [-0.3, -0.25) is 9.69 Å². The normalized spacial score (nSPS) is 20.2. The summed E-state index contributed by atoms with van der Waals surface area (Å²) in [6, 6.07) is 2.03. The molecule has 1 fully saturated rings. The Hall–Kier alpha value is -1.99. The number of fused-ring (bicyclic) bond motifs is 1. The van der Waals surface area contributed by atoms with Gasteiger partial charge in [0, 0.05) is 56.7 Å². The van der Waals surface area contributed by atoms with Crippen molar-refractivity contribution < 1.29 is 4.79 Å². The first kappa shape index (κ1) is 16.9. The molecule has 7 nitrogen and oxygen atoms in total. The van der Waals surface area contributed by atoms with Gasteiger partial charge in [-0.1, -0.05) is 0 Å². The Morgan fingerprint density at radius 1 is 1.33 bits per heavy atom. The van der Waals surface area contributed by atoms with Gasteiger partial charge < -0.3 is 10.2 Å². The zero-order valence-electron chi connectivity index (χ0n) is 14.9. The number of rotatable bonds is 3. The van der Waals surface area contributed by atoms with Gasteiger partial charge in [-0.2, -0.15) is 5.10 Å². The maximum absolute atomic E-state index is 12.1. The molecule has 1 saturated heterocycles. The Bertz CT molecular complexity index is 740. The van der Waals surface area contributed by atoms with Crippen LogP contribution in [0.4, 0.5) is 0 Å². The molecular weight excluding hydrogens is 304 g/mol. The van der Waals surface area contributed by atoms with E-state index in [1.807, 2.05) is 30.6 Å². The topological polar surface area (TPSA) is 65.8 Å². The Labute approximate surface area is 142 Å². The Morgan fingerprint density at radius 2 is 2.12 bits per heavy atom. The van der Waals surface area contributed by atoms with Crippen LogP contribution in [0.25, 0.3) is 5.65 Å². The lowest BCUT2D eigenvalue weighted by Gasteiger charge is -2.22. The molecule has 0 saturated carbocycles. The van der Waals surface area contributed by atoms with Crippen LogP contribution in [-0.2, 0) is 11.3 Å². The number of hydrogen-bond acceptors (Lipinski definition) is 5. The van der Waals surface area contributed by atoms with Gasteiger partial charge in [0.05, 0.1) is 12.1 Å². The van der Waals surface area contributed by atoms with Gasteiger partial charge in [0.1, 0.15) is 0 Å². The Kier molecular flexibility index (Phi) is 4.82. The summed E-state index contributed by atoms with van der Waals surface area (Å²) >= 11 is 0. The van der Waals surface area contributed by atoms with Crippen molar-refractivity contribution in [2.45, 2.75) is 20.4 Å². The molecule has 3 rings (SSSR count). The highest BCUT2D eigenvalue weighted by Crippen LogP contribution is 2.17. The van der Waals surface area contributed by atoms with E-state index >= 15 is 0 Å².